The zero-order chi connectivity index (χ0) is 33.4. The lowest BCUT2D eigenvalue weighted by molar-refractivity contribution is -0.571. The van der Waals surface area contributed by atoms with Crippen molar-refractivity contribution in [1.29, 1.82) is 0 Å². The normalized spacial score (nSPS) is 53.7. The van der Waals surface area contributed by atoms with Crippen LogP contribution in [0.4, 0.5) is 0 Å². The van der Waals surface area contributed by atoms with E-state index < -0.39 is 35.4 Å². The predicted molar refractivity (Wildman–Crippen MR) is 171 cm³/mol. The lowest BCUT2D eigenvalue weighted by Crippen LogP contribution is -2.69. The van der Waals surface area contributed by atoms with Gasteiger partial charge >= 0.3 is 0 Å². The van der Waals surface area contributed by atoms with Crippen molar-refractivity contribution in [2.45, 2.75) is 140 Å². The highest BCUT2D eigenvalue weighted by molar-refractivity contribution is 5.50. The fraction of sp³-hybridized carbons (Fsp3) is 0.842. The van der Waals surface area contributed by atoms with Crippen molar-refractivity contribution < 1.29 is 48.0 Å². The van der Waals surface area contributed by atoms with Gasteiger partial charge in [0, 0.05) is 41.9 Å². The molecule has 1 aromatic carbocycles. The van der Waals surface area contributed by atoms with Gasteiger partial charge in [-0.2, -0.15) is 0 Å². The average Bonchev–Trinajstić information content (AvgIpc) is 3.45. The molecule has 11 rings (SSSR count). The van der Waals surface area contributed by atoms with E-state index in [1.165, 1.54) is 0 Å². The minimum Gasteiger partial charge on any atom is -0.496 e. The number of benzene rings is 1. The Kier molecular flexibility index (Phi) is 7.43. The van der Waals surface area contributed by atoms with E-state index in [4.69, 9.17) is 48.0 Å². The summed E-state index contributed by atoms with van der Waals surface area (Å²) < 4.78 is 39.8. The molecule has 10 heteroatoms. The minimum absolute atomic E-state index is 0.112. The quantitative estimate of drug-likeness (QED) is 0.299. The molecule has 2 saturated carbocycles. The highest BCUT2D eigenvalue weighted by Crippen LogP contribution is 2.65. The SMILES string of the molecule is COc1cc(OC)c([C@@H]2O[C@@H]3O[C@]4(C)CC[C@H]5[C@H](C)CC[C@@H]([C@H]2C)[C@@]35OO4)cc1[C@@H]1O[C@@H]2O[C@]3(C)CC[C@H]4[C@H](C)CC[C@@H]([C@H]1C)[C@@]24OO3. The van der Waals surface area contributed by atoms with Crippen LogP contribution in [0, 0.1) is 47.3 Å². The molecule has 0 amide bonds. The first-order valence-electron chi connectivity index (χ1n) is 18.6. The Balaban J connectivity index is 1.12. The molecule has 0 aromatic heterocycles. The van der Waals surface area contributed by atoms with Crippen molar-refractivity contribution in [3.63, 3.8) is 0 Å². The van der Waals surface area contributed by atoms with Crippen LogP contribution in [0.2, 0.25) is 0 Å². The molecule has 10 fully saturated rings. The number of hydrogen-bond donors (Lipinski definition) is 0. The zero-order valence-electron chi connectivity index (χ0n) is 29.8. The van der Waals surface area contributed by atoms with Gasteiger partial charge in [0.15, 0.2) is 23.8 Å². The molecule has 2 aliphatic carbocycles. The molecule has 0 radical (unpaired) electrons. The molecule has 8 aliphatic heterocycles. The Morgan fingerprint density at radius 1 is 0.562 bits per heavy atom. The molecule has 266 valence electrons. The number of hydrogen-bond acceptors (Lipinski definition) is 10. The molecule has 2 spiro atoms. The summed E-state index contributed by atoms with van der Waals surface area (Å²) in [6, 6.07) is 4.22. The van der Waals surface area contributed by atoms with Gasteiger partial charge in [0.05, 0.1) is 26.4 Å². The van der Waals surface area contributed by atoms with Crippen molar-refractivity contribution in [3.8, 4) is 11.5 Å². The van der Waals surface area contributed by atoms with E-state index in [2.05, 4.69) is 33.8 Å². The van der Waals surface area contributed by atoms with Crippen molar-refractivity contribution >= 4 is 0 Å². The minimum atomic E-state index is -0.838. The molecule has 8 heterocycles. The third-order valence-electron chi connectivity index (χ3n) is 14.5. The lowest BCUT2D eigenvalue weighted by Gasteiger charge is -2.61. The second kappa shape index (κ2) is 11.0. The highest BCUT2D eigenvalue weighted by Gasteiger charge is 2.71. The van der Waals surface area contributed by atoms with E-state index in [1.807, 2.05) is 19.9 Å². The van der Waals surface area contributed by atoms with E-state index in [1.54, 1.807) is 14.2 Å². The Morgan fingerprint density at radius 3 is 1.42 bits per heavy atom. The number of fused-ring (bicyclic) bond motifs is 4. The van der Waals surface area contributed by atoms with Crippen molar-refractivity contribution in [1.82, 2.24) is 0 Å². The molecule has 48 heavy (non-hydrogen) atoms. The van der Waals surface area contributed by atoms with Crippen molar-refractivity contribution in [3.05, 3.63) is 23.3 Å². The zero-order valence-corrected chi connectivity index (χ0v) is 29.8. The molecule has 8 saturated heterocycles. The van der Waals surface area contributed by atoms with E-state index in [9.17, 15) is 0 Å². The van der Waals surface area contributed by atoms with E-state index in [-0.39, 0.29) is 35.9 Å². The average molecular weight is 671 g/mol. The largest absolute Gasteiger partial charge is 0.496 e. The first-order chi connectivity index (χ1) is 23.0. The standard InChI is InChI=1S/C38H54O10/c1-19-9-11-27-21(3)31(41-33-37(27)25(19)13-15-35(5,43-33)45-47-37)23-17-24(30(40-8)18-29(23)39-7)32-22(4)28-12-10-20(2)26-14-16-36(6)44-34(42-32)38(26,28)48-46-36/h17-22,25-28,31-34H,9-16H2,1-8H3/t19-,20-,21-,22-,25+,26+,27+,28+,31-,32-,33-,34-,35+,36+,37-,38-/m1/s1. The van der Waals surface area contributed by atoms with E-state index >= 15 is 0 Å². The highest BCUT2D eigenvalue weighted by atomic mass is 17.3. The fourth-order valence-electron chi connectivity index (χ4n) is 11.9. The van der Waals surface area contributed by atoms with Crippen LogP contribution in [0.1, 0.15) is 116 Å². The van der Waals surface area contributed by atoms with Gasteiger partial charge in [-0.1, -0.05) is 27.7 Å². The molecule has 0 N–H and O–H groups in total. The summed E-state index contributed by atoms with van der Waals surface area (Å²) in [6.07, 6.45) is 6.21. The van der Waals surface area contributed by atoms with Crippen LogP contribution in [0.3, 0.4) is 0 Å². The van der Waals surface area contributed by atoms with Crippen LogP contribution >= 0.6 is 0 Å². The lowest BCUT2D eigenvalue weighted by atomic mass is 9.56. The molecule has 0 unspecified atom stereocenters. The Labute approximate surface area is 284 Å². The summed E-state index contributed by atoms with van der Waals surface area (Å²) in [4.78, 5) is 25.1. The van der Waals surface area contributed by atoms with Gasteiger partial charge < -0.3 is 28.4 Å². The first-order valence-corrected chi connectivity index (χ1v) is 18.6. The summed E-state index contributed by atoms with van der Waals surface area (Å²) in [5.41, 5.74) is 0.679. The molecule has 10 nitrogen and oxygen atoms in total. The Hall–Kier alpha value is -1.50. The fourth-order valence-corrected chi connectivity index (χ4v) is 11.9. The van der Waals surface area contributed by atoms with Crippen LogP contribution in [0.15, 0.2) is 12.1 Å². The maximum atomic E-state index is 7.11. The summed E-state index contributed by atoms with van der Waals surface area (Å²) in [5.74, 6) is 1.99. The van der Waals surface area contributed by atoms with Gasteiger partial charge in [-0.05, 0) is 93.9 Å². The molecule has 4 bridgehead atoms. The molecular weight excluding hydrogens is 616 g/mol. The van der Waals surface area contributed by atoms with Crippen molar-refractivity contribution in [2.24, 2.45) is 47.3 Å². The summed E-state index contributed by atoms with van der Waals surface area (Å²) >= 11 is 0. The molecule has 1 aromatic rings. The molecule has 10 aliphatic rings. The second-order valence-corrected chi connectivity index (χ2v) is 17.0. The van der Waals surface area contributed by atoms with Gasteiger partial charge in [-0.3, -0.25) is 0 Å². The third kappa shape index (κ3) is 4.27. The van der Waals surface area contributed by atoms with Gasteiger partial charge in [0.2, 0.25) is 11.6 Å². The topological polar surface area (TPSA) is 92.3 Å². The van der Waals surface area contributed by atoms with Crippen molar-refractivity contribution in [2.75, 3.05) is 14.2 Å². The van der Waals surface area contributed by atoms with Gasteiger partial charge in [-0.15, -0.1) is 0 Å². The van der Waals surface area contributed by atoms with Gasteiger partial charge in [-0.25, -0.2) is 19.6 Å². The van der Waals surface area contributed by atoms with Crippen LogP contribution in [0.5, 0.6) is 11.5 Å². The van der Waals surface area contributed by atoms with Gasteiger partial charge in [0.1, 0.15) is 11.5 Å². The van der Waals surface area contributed by atoms with Gasteiger partial charge in [0.25, 0.3) is 0 Å². The van der Waals surface area contributed by atoms with Crippen LogP contribution in [-0.4, -0.2) is 49.6 Å². The Bertz CT molecular complexity index is 1340. The maximum absolute atomic E-state index is 7.11. The third-order valence-corrected chi connectivity index (χ3v) is 14.5. The molecular formula is C38H54O10. The van der Waals surface area contributed by atoms with Crippen LogP contribution in [0.25, 0.3) is 0 Å². The summed E-state index contributed by atoms with van der Waals surface area (Å²) in [7, 11) is 3.43. The summed E-state index contributed by atoms with van der Waals surface area (Å²) in [6.45, 7) is 13.2. The predicted octanol–water partition coefficient (Wildman–Crippen LogP) is 7.55. The van der Waals surface area contributed by atoms with Crippen LogP contribution < -0.4 is 9.47 Å². The second-order valence-electron chi connectivity index (χ2n) is 17.0. The van der Waals surface area contributed by atoms with E-state index in [0.29, 0.717) is 23.7 Å². The van der Waals surface area contributed by atoms with E-state index in [0.717, 1.165) is 74.0 Å². The maximum Gasteiger partial charge on any atom is 0.201 e. The number of methoxy groups -OCH3 is 2. The summed E-state index contributed by atoms with van der Waals surface area (Å²) in [5, 5.41) is 0. The monoisotopic (exact) mass is 670 g/mol. The number of rotatable bonds is 4. The first kappa shape index (κ1) is 32.4. The Morgan fingerprint density at radius 2 is 1.00 bits per heavy atom. The smallest absolute Gasteiger partial charge is 0.201 e. The molecule has 16 atom stereocenters. The number of ether oxygens (including phenoxy) is 6. The van der Waals surface area contributed by atoms with Crippen LogP contribution in [-0.2, 0) is 38.5 Å².